The van der Waals surface area contributed by atoms with E-state index >= 15 is 0 Å². The topological polar surface area (TPSA) is 34.7 Å². The predicted octanol–water partition coefficient (Wildman–Crippen LogP) is -2.36. The van der Waals surface area contributed by atoms with Gasteiger partial charge in [-0.2, -0.15) is 0 Å². The van der Waals surface area contributed by atoms with E-state index in [4.69, 9.17) is 5.53 Å². The fourth-order valence-electron chi connectivity index (χ4n) is 0. The molecule has 0 spiro atoms. The maximum atomic E-state index is 7.19. The molecule has 0 aromatic rings. The molecule has 18 valence electrons. The van der Waals surface area contributed by atoms with E-state index in [0.717, 1.165) is 0 Å². The molecular formula is CH3KN2. The van der Waals surface area contributed by atoms with Crippen molar-refractivity contribution in [3.05, 3.63) is 5.53 Å². The van der Waals surface area contributed by atoms with Gasteiger partial charge in [-0.3, -0.25) is 0 Å². The first-order chi connectivity index (χ1) is 1.41. The largest absolute Gasteiger partial charge is 1.00 e. The number of rotatable bonds is 0. The Morgan fingerprint density at radius 3 is 1.75 bits per heavy atom. The summed E-state index contributed by atoms with van der Waals surface area (Å²) in [5, 5.41) is 2.50. The van der Waals surface area contributed by atoms with Crippen LogP contribution in [0.4, 0.5) is 0 Å². The van der Waals surface area contributed by atoms with Crippen molar-refractivity contribution < 1.29 is 51.4 Å². The first-order valence-corrected chi connectivity index (χ1v) is 0.647. The molecule has 0 rings (SSSR count). The zero-order valence-electron chi connectivity index (χ0n) is 2.89. The minimum atomic E-state index is 0. The van der Waals surface area contributed by atoms with Crippen molar-refractivity contribution in [2.75, 3.05) is 7.05 Å². The van der Waals surface area contributed by atoms with E-state index in [1.165, 1.54) is 7.05 Å². The molecule has 0 saturated carbocycles. The van der Waals surface area contributed by atoms with Crippen LogP contribution >= 0.6 is 0 Å². The molecular weight excluding hydrogens is 79.1 g/mol. The normalized spacial score (nSPS) is 3.25. The summed E-state index contributed by atoms with van der Waals surface area (Å²) in [6, 6.07) is 0. The van der Waals surface area contributed by atoms with Crippen molar-refractivity contribution >= 4 is 0 Å². The Labute approximate surface area is 67.9 Å². The first-order valence-electron chi connectivity index (χ1n) is 0.647. The summed E-state index contributed by atoms with van der Waals surface area (Å²) in [4.78, 5) is 0. The van der Waals surface area contributed by atoms with Crippen LogP contribution in [0.3, 0.4) is 0 Å². The van der Waals surface area contributed by atoms with Crippen molar-refractivity contribution in [3.63, 3.8) is 0 Å². The zero-order valence-corrected chi connectivity index (χ0v) is 6.02. The molecule has 3 heteroatoms. The Morgan fingerprint density at radius 1 is 1.75 bits per heavy atom. The second-order valence-electron chi connectivity index (χ2n) is 0.200. The van der Waals surface area contributed by atoms with Crippen LogP contribution in [0.25, 0.3) is 5.53 Å². The van der Waals surface area contributed by atoms with E-state index in [9.17, 15) is 0 Å². The minimum absolute atomic E-state index is 0. The van der Waals surface area contributed by atoms with Crippen LogP contribution in [0.2, 0.25) is 0 Å². The van der Waals surface area contributed by atoms with E-state index in [0.29, 0.717) is 0 Å². The average Bonchev–Trinajstić information content (AvgIpc) is 0.918. The van der Waals surface area contributed by atoms with Gasteiger partial charge in [0.1, 0.15) is 0 Å². The molecule has 0 aliphatic heterocycles. The molecule has 0 aromatic heterocycles. The third kappa shape index (κ3) is 10.6. The van der Waals surface area contributed by atoms with Crippen molar-refractivity contribution in [2.24, 2.45) is 5.11 Å². The molecule has 0 bridgehead atoms. The second kappa shape index (κ2) is 8.87. The zero-order chi connectivity index (χ0) is 2.71. The smallest absolute Gasteiger partial charge is 0.712 e. The molecule has 4 heavy (non-hydrogen) atoms. The van der Waals surface area contributed by atoms with Crippen molar-refractivity contribution in [1.82, 2.24) is 0 Å². The Morgan fingerprint density at radius 2 is 1.75 bits per heavy atom. The Hall–Kier alpha value is 1.24. The Kier molecular flexibility index (Phi) is 19.9. The third-order valence-electron chi connectivity index (χ3n) is 0. The van der Waals surface area contributed by atoms with Crippen LogP contribution in [0.1, 0.15) is 0 Å². The van der Waals surface area contributed by atoms with E-state index in [2.05, 4.69) is 5.11 Å². The Bertz CT molecular complexity index is 13.5. The van der Waals surface area contributed by atoms with Gasteiger partial charge in [0.15, 0.2) is 0 Å². The van der Waals surface area contributed by atoms with Gasteiger partial charge in [-0.15, -0.1) is 0 Å². The summed E-state index contributed by atoms with van der Waals surface area (Å²) < 4.78 is 0. The monoisotopic (exact) mass is 82.0 g/mol. The summed E-state index contributed by atoms with van der Waals surface area (Å²) in [6.07, 6.45) is 0. The molecule has 0 atom stereocenters. The van der Waals surface area contributed by atoms with Gasteiger partial charge in [0.05, 0.1) is 0 Å². The Balaban J connectivity index is 0. The number of nitrogens with zero attached hydrogens (tertiary/aromatic N) is 2. The van der Waals surface area contributed by atoms with Crippen molar-refractivity contribution in [1.29, 1.82) is 0 Å². The van der Waals surface area contributed by atoms with Crippen LogP contribution in [0, 0.1) is 0 Å². The fourth-order valence-corrected chi connectivity index (χ4v) is 0. The van der Waals surface area contributed by atoms with Crippen LogP contribution in [-0.2, 0) is 0 Å². The van der Waals surface area contributed by atoms with Crippen LogP contribution in [0.15, 0.2) is 5.11 Å². The maximum Gasteiger partial charge on any atom is 1.00 e. The predicted molar refractivity (Wildman–Crippen MR) is 11.7 cm³/mol. The van der Waals surface area contributed by atoms with Gasteiger partial charge in [0, 0.05) is 7.05 Å². The van der Waals surface area contributed by atoms with Gasteiger partial charge in [-0.05, 0) is 0 Å². The molecule has 0 aliphatic carbocycles. The maximum absolute atomic E-state index is 7.19. The average molecular weight is 82.1 g/mol. The van der Waals surface area contributed by atoms with Gasteiger partial charge in [0.2, 0.25) is 0 Å². The second-order valence-corrected chi connectivity index (χ2v) is 0.200. The van der Waals surface area contributed by atoms with Crippen molar-refractivity contribution in [3.8, 4) is 0 Å². The van der Waals surface area contributed by atoms with E-state index in [-0.39, 0.29) is 51.4 Å². The minimum Gasteiger partial charge on any atom is -0.712 e. The van der Waals surface area contributed by atoms with E-state index in [1.807, 2.05) is 0 Å². The van der Waals surface area contributed by atoms with Gasteiger partial charge < -0.3 is 10.6 Å². The van der Waals surface area contributed by atoms with E-state index in [1.54, 1.807) is 0 Å². The van der Waals surface area contributed by atoms with Gasteiger partial charge in [-0.25, -0.2) is 0 Å². The molecule has 0 N–H and O–H groups in total. The summed E-state index contributed by atoms with van der Waals surface area (Å²) >= 11 is 0. The van der Waals surface area contributed by atoms with Gasteiger partial charge >= 0.3 is 51.4 Å². The van der Waals surface area contributed by atoms with E-state index < -0.39 is 0 Å². The molecule has 0 saturated heterocycles. The van der Waals surface area contributed by atoms with Gasteiger partial charge in [-0.1, -0.05) is 0 Å². The van der Waals surface area contributed by atoms with Crippen LogP contribution in [-0.4, -0.2) is 7.05 Å². The summed E-state index contributed by atoms with van der Waals surface area (Å²) in [5.74, 6) is 0. The molecule has 0 fully saturated rings. The van der Waals surface area contributed by atoms with Crippen LogP contribution < -0.4 is 51.4 Å². The van der Waals surface area contributed by atoms with Crippen LogP contribution in [0.5, 0.6) is 0 Å². The molecule has 0 radical (unpaired) electrons. The number of hydrogen-bond donors (Lipinski definition) is 0. The SMILES string of the molecule is CN=[N-].[K+]. The van der Waals surface area contributed by atoms with Gasteiger partial charge in [0.25, 0.3) is 0 Å². The molecule has 2 nitrogen and oxygen atoms in total. The summed E-state index contributed by atoms with van der Waals surface area (Å²) in [5.41, 5.74) is 7.19. The summed E-state index contributed by atoms with van der Waals surface area (Å²) in [7, 11) is 1.31. The number of hydrogen-bond acceptors (Lipinski definition) is 1. The quantitative estimate of drug-likeness (QED) is 0.231. The molecule has 0 unspecified atom stereocenters. The molecule has 0 aliphatic rings. The summed E-state index contributed by atoms with van der Waals surface area (Å²) in [6.45, 7) is 0. The fraction of sp³-hybridized carbons (Fsp3) is 1.00. The molecule has 0 heterocycles. The molecule has 0 amide bonds. The molecule has 0 aromatic carbocycles. The first kappa shape index (κ1) is 8.97. The standard InChI is InChI=1S/CH3N2.K/c1-3-2;/h1H3;/q-1;+1. The van der Waals surface area contributed by atoms with Crippen molar-refractivity contribution in [2.45, 2.75) is 0 Å². The third-order valence-corrected chi connectivity index (χ3v) is 0.